The minimum atomic E-state index is -6.46. The normalized spacial score (nSPS) is 21.2. The first-order valence-corrected chi connectivity index (χ1v) is 9.68. The Kier molecular flexibility index (Phi) is 8.75. The minimum absolute atomic E-state index is 0.108. The van der Waals surface area contributed by atoms with E-state index in [-0.39, 0.29) is 11.5 Å². The lowest BCUT2D eigenvalue weighted by Gasteiger charge is -2.36. The predicted octanol–water partition coefficient (Wildman–Crippen LogP) is 5.63. The zero-order valence-corrected chi connectivity index (χ0v) is 17.3. The molecule has 0 radical (unpaired) electrons. The van der Waals surface area contributed by atoms with Crippen LogP contribution in [0.25, 0.3) is 0 Å². The van der Waals surface area contributed by atoms with Gasteiger partial charge in [0.2, 0.25) is 0 Å². The summed E-state index contributed by atoms with van der Waals surface area (Å²) < 4.78 is 111. The highest BCUT2D eigenvalue weighted by molar-refractivity contribution is 5.77. The Hall–Kier alpha value is -1.62. The van der Waals surface area contributed by atoms with Crippen LogP contribution < -0.4 is 0 Å². The first-order chi connectivity index (χ1) is 13.9. The van der Waals surface area contributed by atoms with E-state index in [1.54, 1.807) is 0 Å². The van der Waals surface area contributed by atoms with Gasteiger partial charge in [-0.05, 0) is 37.0 Å². The molecule has 0 saturated heterocycles. The maximum Gasteiger partial charge on any atom is 0.381 e. The summed E-state index contributed by atoms with van der Waals surface area (Å²) in [6, 6.07) is 0. The molecule has 0 aromatic carbocycles. The highest BCUT2D eigenvalue weighted by Crippen LogP contribution is 2.48. The molecule has 1 fully saturated rings. The van der Waals surface area contributed by atoms with Gasteiger partial charge in [-0.15, -0.1) is 0 Å². The second-order valence-electron chi connectivity index (χ2n) is 8.69. The summed E-state index contributed by atoms with van der Waals surface area (Å²) in [7, 11) is 0. The van der Waals surface area contributed by atoms with E-state index in [1.807, 2.05) is 0 Å². The summed E-state index contributed by atoms with van der Waals surface area (Å²) in [5.41, 5.74) is 0.108. The Morgan fingerprint density at radius 2 is 1.35 bits per heavy atom. The van der Waals surface area contributed by atoms with Gasteiger partial charge in [0.25, 0.3) is 0 Å². The number of carbonyl (C=O) groups excluding carboxylic acids is 2. The number of esters is 2. The topological polar surface area (TPSA) is 52.6 Å². The maximum atomic E-state index is 13.3. The molecule has 1 rings (SSSR count). The summed E-state index contributed by atoms with van der Waals surface area (Å²) in [5, 5.41) is 0. The average Bonchev–Trinajstić information content (AvgIpc) is 2.64. The third-order valence-electron chi connectivity index (χ3n) is 5.30. The van der Waals surface area contributed by atoms with Gasteiger partial charge >= 0.3 is 36.1 Å². The zero-order chi connectivity index (χ0) is 24.3. The van der Waals surface area contributed by atoms with Crippen LogP contribution in [0.3, 0.4) is 0 Å². The summed E-state index contributed by atoms with van der Waals surface area (Å²) in [6.45, 7) is 3.75. The van der Waals surface area contributed by atoms with Crippen molar-refractivity contribution in [1.29, 1.82) is 0 Å². The highest BCUT2D eigenvalue weighted by atomic mass is 19.4. The number of rotatable bonds is 9. The van der Waals surface area contributed by atoms with Crippen LogP contribution >= 0.6 is 0 Å². The Balaban J connectivity index is 2.44. The fraction of sp³-hybridized carbons (Fsp3) is 0.895. The van der Waals surface area contributed by atoms with Crippen molar-refractivity contribution in [3.8, 4) is 0 Å². The molecule has 0 bridgehead atoms. The zero-order valence-electron chi connectivity index (χ0n) is 17.3. The molecule has 0 amide bonds. The van der Waals surface area contributed by atoms with Crippen molar-refractivity contribution in [3.05, 3.63) is 0 Å². The molecule has 0 heterocycles. The van der Waals surface area contributed by atoms with Crippen LogP contribution in [-0.2, 0) is 19.1 Å². The van der Waals surface area contributed by atoms with Crippen molar-refractivity contribution in [2.45, 2.75) is 89.6 Å². The molecular weight excluding hydrogens is 444 g/mol. The number of halogens is 8. The van der Waals surface area contributed by atoms with E-state index in [2.05, 4.69) is 25.5 Å². The molecule has 0 aromatic heterocycles. The fourth-order valence-corrected chi connectivity index (χ4v) is 3.21. The lowest BCUT2D eigenvalue weighted by Crippen LogP contribution is -2.59. The maximum absolute atomic E-state index is 13.3. The molecule has 0 atom stereocenters. The fourth-order valence-electron chi connectivity index (χ4n) is 3.21. The Morgan fingerprint density at radius 3 is 1.81 bits per heavy atom. The van der Waals surface area contributed by atoms with E-state index in [4.69, 9.17) is 4.74 Å². The molecule has 12 heteroatoms. The van der Waals surface area contributed by atoms with Gasteiger partial charge in [-0.25, -0.2) is 8.78 Å². The lowest BCUT2D eigenvalue weighted by molar-refractivity contribution is -0.344. The van der Waals surface area contributed by atoms with E-state index in [0.29, 0.717) is 18.8 Å². The van der Waals surface area contributed by atoms with Gasteiger partial charge < -0.3 is 9.47 Å². The minimum Gasteiger partial charge on any atom is -0.462 e. The monoisotopic (exact) mass is 470 g/mol. The highest BCUT2D eigenvalue weighted by Gasteiger charge is 2.75. The van der Waals surface area contributed by atoms with E-state index < -0.39 is 55.6 Å². The molecule has 0 aliphatic heterocycles. The van der Waals surface area contributed by atoms with Crippen LogP contribution in [0.5, 0.6) is 0 Å². The molecule has 0 N–H and O–H groups in total. The van der Waals surface area contributed by atoms with Crippen molar-refractivity contribution in [3.63, 3.8) is 0 Å². The van der Waals surface area contributed by atoms with Gasteiger partial charge in [-0.1, -0.05) is 20.8 Å². The molecule has 182 valence electrons. The van der Waals surface area contributed by atoms with Gasteiger partial charge in [-0.2, -0.15) is 26.3 Å². The number of carbonyl (C=O) groups is 2. The average molecular weight is 470 g/mol. The number of hydrogen-bond acceptors (Lipinski definition) is 4. The van der Waals surface area contributed by atoms with E-state index >= 15 is 0 Å². The van der Waals surface area contributed by atoms with Crippen molar-refractivity contribution >= 4 is 11.9 Å². The summed E-state index contributed by atoms with van der Waals surface area (Å²) in [6.07, 6.45) is -3.99. The number of alkyl halides is 8. The molecule has 1 saturated carbocycles. The van der Waals surface area contributed by atoms with Crippen LogP contribution in [0, 0.1) is 11.3 Å². The number of hydrogen-bond donors (Lipinski definition) is 0. The van der Waals surface area contributed by atoms with E-state index in [0.717, 1.165) is 12.8 Å². The quantitative estimate of drug-likeness (QED) is 0.324. The SMILES string of the molecule is CC(C)(C)C1CCC(OC(=O)CCC(=O)OCC(F)(F)C(F)(F)C(F)(F)C(F)F)CC1. The first-order valence-electron chi connectivity index (χ1n) is 9.68. The molecule has 4 nitrogen and oxygen atoms in total. The standard InChI is InChI=1S/C19H26F8O4/c1-16(2,3)11-4-6-12(7-5-11)31-14(29)9-8-13(28)30-10-17(22,23)19(26,27)18(24,25)15(20)21/h11-12,15H,4-10H2,1-3H3. The molecule has 1 aliphatic rings. The van der Waals surface area contributed by atoms with Crippen LogP contribution in [0.1, 0.15) is 59.3 Å². The molecule has 0 aromatic rings. The van der Waals surface area contributed by atoms with Gasteiger partial charge in [-0.3, -0.25) is 9.59 Å². The largest absolute Gasteiger partial charge is 0.462 e. The van der Waals surface area contributed by atoms with Crippen LogP contribution in [0.15, 0.2) is 0 Å². The smallest absolute Gasteiger partial charge is 0.381 e. The molecule has 31 heavy (non-hydrogen) atoms. The third-order valence-corrected chi connectivity index (χ3v) is 5.30. The van der Waals surface area contributed by atoms with Gasteiger partial charge in [0.15, 0.2) is 6.61 Å². The molecule has 1 aliphatic carbocycles. The first kappa shape index (κ1) is 27.4. The molecule has 0 spiro atoms. The second-order valence-corrected chi connectivity index (χ2v) is 8.69. The predicted molar refractivity (Wildman–Crippen MR) is 92.3 cm³/mol. The third kappa shape index (κ3) is 6.93. The Morgan fingerprint density at radius 1 is 0.871 bits per heavy atom. The summed E-state index contributed by atoms with van der Waals surface area (Å²) in [5.74, 6) is -20.5. The summed E-state index contributed by atoms with van der Waals surface area (Å²) in [4.78, 5) is 23.2. The van der Waals surface area contributed by atoms with Crippen LogP contribution in [0.2, 0.25) is 0 Å². The summed E-state index contributed by atoms with van der Waals surface area (Å²) >= 11 is 0. The van der Waals surface area contributed by atoms with Gasteiger partial charge in [0.05, 0.1) is 12.8 Å². The van der Waals surface area contributed by atoms with Crippen LogP contribution in [0.4, 0.5) is 35.1 Å². The van der Waals surface area contributed by atoms with Crippen molar-refractivity contribution in [1.82, 2.24) is 0 Å². The van der Waals surface area contributed by atoms with Gasteiger partial charge in [0.1, 0.15) is 6.10 Å². The van der Waals surface area contributed by atoms with E-state index in [9.17, 15) is 44.7 Å². The van der Waals surface area contributed by atoms with Crippen LogP contribution in [-0.4, -0.2) is 48.8 Å². The second kappa shape index (κ2) is 9.89. The molecular formula is C19H26F8O4. The van der Waals surface area contributed by atoms with Gasteiger partial charge in [0, 0.05) is 0 Å². The van der Waals surface area contributed by atoms with Crippen molar-refractivity contribution < 1.29 is 54.2 Å². The van der Waals surface area contributed by atoms with E-state index in [1.165, 1.54) is 0 Å². The molecule has 0 unspecified atom stereocenters. The Labute approximate surface area is 174 Å². The van der Waals surface area contributed by atoms with Crippen molar-refractivity contribution in [2.75, 3.05) is 6.61 Å². The lowest BCUT2D eigenvalue weighted by atomic mass is 9.72. The Bertz CT molecular complexity index is 623. The van der Waals surface area contributed by atoms with Crippen molar-refractivity contribution in [2.24, 2.45) is 11.3 Å². The number of ether oxygens (including phenoxy) is 2.